The van der Waals surface area contributed by atoms with Crippen molar-refractivity contribution in [2.45, 2.75) is 31.2 Å². The fourth-order valence-corrected chi connectivity index (χ4v) is 3.16. The Morgan fingerprint density at radius 2 is 1.71 bits per heavy atom. The van der Waals surface area contributed by atoms with E-state index in [1.54, 1.807) is 53.1 Å². The maximum Gasteiger partial charge on any atom is 0.440 e. The molecule has 1 atom stereocenters. The Hall–Kier alpha value is -3.56. The summed E-state index contributed by atoms with van der Waals surface area (Å²) < 4.78 is 46.6. The molecule has 10 heteroatoms. The Kier molecular flexibility index (Phi) is 6.19. The SMILES string of the molecule is COc1ccc(CN2C(=O)NC(NC(=O)CCc3ccccc3)(C(F)(F)F)C2=O)cc1. The highest BCUT2D eigenvalue weighted by Crippen LogP contribution is 2.34. The maximum atomic E-state index is 13.9. The number of methoxy groups -OCH3 is 1. The van der Waals surface area contributed by atoms with Crippen molar-refractivity contribution < 1.29 is 32.3 Å². The van der Waals surface area contributed by atoms with Gasteiger partial charge in [-0.1, -0.05) is 42.5 Å². The molecule has 0 spiro atoms. The van der Waals surface area contributed by atoms with E-state index >= 15 is 0 Å². The first-order chi connectivity index (χ1) is 14.7. The number of urea groups is 1. The van der Waals surface area contributed by atoms with Crippen LogP contribution in [0.3, 0.4) is 0 Å². The van der Waals surface area contributed by atoms with E-state index in [2.05, 4.69) is 0 Å². The van der Waals surface area contributed by atoms with Gasteiger partial charge >= 0.3 is 12.2 Å². The van der Waals surface area contributed by atoms with E-state index in [1.807, 2.05) is 0 Å². The first-order valence-electron chi connectivity index (χ1n) is 9.35. The van der Waals surface area contributed by atoms with E-state index in [-0.39, 0.29) is 12.8 Å². The molecule has 2 N–H and O–H groups in total. The van der Waals surface area contributed by atoms with E-state index < -0.39 is 36.2 Å². The molecule has 1 fully saturated rings. The molecule has 0 aliphatic carbocycles. The highest BCUT2D eigenvalue weighted by molar-refractivity contribution is 6.08. The van der Waals surface area contributed by atoms with Gasteiger partial charge in [-0.3, -0.25) is 19.8 Å². The molecule has 0 aromatic heterocycles. The maximum absolute atomic E-state index is 13.9. The summed E-state index contributed by atoms with van der Waals surface area (Å²) in [5, 5.41) is 3.34. The summed E-state index contributed by atoms with van der Waals surface area (Å²) in [6.45, 7) is -0.396. The van der Waals surface area contributed by atoms with Crippen LogP contribution in [-0.2, 0) is 22.6 Å². The Bertz CT molecular complexity index is 964. The number of nitrogens with one attached hydrogen (secondary N) is 2. The predicted molar refractivity (Wildman–Crippen MR) is 104 cm³/mol. The number of halogens is 3. The number of hydrogen-bond acceptors (Lipinski definition) is 4. The lowest BCUT2D eigenvalue weighted by Crippen LogP contribution is -2.69. The minimum Gasteiger partial charge on any atom is -0.497 e. The van der Waals surface area contributed by atoms with Crippen LogP contribution >= 0.6 is 0 Å². The molecule has 31 heavy (non-hydrogen) atoms. The molecule has 1 unspecified atom stereocenters. The summed E-state index contributed by atoms with van der Waals surface area (Å²) in [5.74, 6) is -2.09. The Morgan fingerprint density at radius 3 is 2.29 bits per heavy atom. The molecule has 0 bridgehead atoms. The van der Waals surface area contributed by atoms with Crippen molar-refractivity contribution in [1.29, 1.82) is 0 Å². The van der Waals surface area contributed by atoms with E-state index in [9.17, 15) is 27.6 Å². The van der Waals surface area contributed by atoms with Crippen LogP contribution in [0.1, 0.15) is 17.5 Å². The number of nitrogens with zero attached hydrogens (tertiary/aromatic N) is 1. The smallest absolute Gasteiger partial charge is 0.440 e. The molecule has 7 nitrogen and oxygen atoms in total. The Labute approximate surface area is 176 Å². The van der Waals surface area contributed by atoms with Gasteiger partial charge < -0.3 is 10.1 Å². The topological polar surface area (TPSA) is 87.7 Å². The predicted octanol–water partition coefficient (Wildman–Crippen LogP) is 2.75. The van der Waals surface area contributed by atoms with E-state index in [4.69, 9.17) is 4.74 Å². The zero-order chi connectivity index (χ0) is 22.6. The van der Waals surface area contributed by atoms with Crippen molar-refractivity contribution in [3.63, 3.8) is 0 Å². The quantitative estimate of drug-likeness (QED) is 0.655. The van der Waals surface area contributed by atoms with Crippen LogP contribution in [0, 0.1) is 0 Å². The number of ether oxygens (including phenoxy) is 1. The third-order valence-electron chi connectivity index (χ3n) is 4.84. The summed E-state index contributed by atoms with van der Waals surface area (Å²) in [6.07, 6.45) is -5.35. The number of alkyl halides is 3. The van der Waals surface area contributed by atoms with Gasteiger partial charge in [-0.15, -0.1) is 0 Å². The van der Waals surface area contributed by atoms with Gasteiger partial charge in [-0.05, 0) is 29.7 Å². The molecule has 1 heterocycles. The molecule has 0 saturated carbocycles. The van der Waals surface area contributed by atoms with Crippen molar-refractivity contribution in [2.24, 2.45) is 0 Å². The summed E-state index contributed by atoms with van der Waals surface area (Å²) in [5.41, 5.74) is -2.34. The number of imide groups is 1. The molecule has 0 radical (unpaired) electrons. The number of amides is 4. The van der Waals surface area contributed by atoms with Crippen LogP contribution in [0.5, 0.6) is 5.75 Å². The van der Waals surface area contributed by atoms with Gasteiger partial charge in [-0.2, -0.15) is 13.2 Å². The monoisotopic (exact) mass is 435 g/mol. The number of benzene rings is 2. The minimum atomic E-state index is -5.24. The highest BCUT2D eigenvalue weighted by Gasteiger charge is 2.68. The largest absolute Gasteiger partial charge is 0.497 e. The molecule has 2 aromatic carbocycles. The van der Waals surface area contributed by atoms with E-state index in [0.29, 0.717) is 16.2 Å². The van der Waals surface area contributed by atoms with Gasteiger partial charge in [-0.25, -0.2) is 4.79 Å². The third kappa shape index (κ3) is 4.62. The van der Waals surface area contributed by atoms with E-state index in [0.717, 1.165) is 5.56 Å². The fourth-order valence-electron chi connectivity index (χ4n) is 3.16. The number of aryl methyl sites for hydroxylation is 1. The van der Waals surface area contributed by atoms with Gasteiger partial charge in [0.1, 0.15) is 5.75 Å². The summed E-state index contributed by atoms with van der Waals surface area (Å²) in [6, 6.07) is 13.6. The van der Waals surface area contributed by atoms with Crippen LogP contribution < -0.4 is 15.4 Å². The van der Waals surface area contributed by atoms with E-state index in [1.165, 1.54) is 19.2 Å². The summed E-state index contributed by atoms with van der Waals surface area (Å²) in [4.78, 5) is 37.6. The lowest BCUT2D eigenvalue weighted by Gasteiger charge is -2.30. The first-order valence-corrected chi connectivity index (χ1v) is 9.35. The molecular formula is C21H20F3N3O4. The number of carbonyl (C=O) groups is 3. The average molecular weight is 435 g/mol. The average Bonchev–Trinajstić information content (AvgIpc) is 2.98. The van der Waals surface area contributed by atoms with Crippen LogP contribution in [0.15, 0.2) is 54.6 Å². The third-order valence-corrected chi connectivity index (χ3v) is 4.84. The second-order valence-electron chi connectivity index (χ2n) is 6.95. The van der Waals surface area contributed by atoms with Crippen LogP contribution in [-0.4, -0.2) is 41.7 Å². The first kappa shape index (κ1) is 22.1. The van der Waals surface area contributed by atoms with Gasteiger partial charge in [0.25, 0.3) is 11.6 Å². The van der Waals surface area contributed by atoms with Crippen molar-refractivity contribution in [1.82, 2.24) is 15.5 Å². The molecular weight excluding hydrogens is 415 g/mol. The van der Waals surface area contributed by atoms with Crippen molar-refractivity contribution in [3.05, 3.63) is 65.7 Å². The van der Waals surface area contributed by atoms with Gasteiger partial charge in [0.05, 0.1) is 13.7 Å². The van der Waals surface area contributed by atoms with Crippen molar-refractivity contribution >= 4 is 17.8 Å². The van der Waals surface area contributed by atoms with Crippen molar-refractivity contribution in [2.75, 3.05) is 7.11 Å². The normalized spacial score (nSPS) is 18.6. The second kappa shape index (κ2) is 8.66. The lowest BCUT2D eigenvalue weighted by molar-refractivity contribution is -0.204. The fraction of sp³-hybridized carbons (Fsp3) is 0.286. The molecule has 4 amide bonds. The Balaban J connectivity index is 1.76. The number of carbonyl (C=O) groups excluding carboxylic acids is 3. The van der Waals surface area contributed by atoms with Crippen LogP contribution in [0.25, 0.3) is 0 Å². The molecule has 1 saturated heterocycles. The van der Waals surface area contributed by atoms with Gasteiger partial charge in [0.2, 0.25) is 5.91 Å². The zero-order valence-corrected chi connectivity index (χ0v) is 16.5. The summed E-state index contributed by atoms with van der Waals surface area (Å²) in [7, 11) is 1.45. The second-order valence-corrected chi connectivity index (χ2v) is 6.95. The molecule has 2 aromatic rings. The number of rotatable bonds is 7. The lowest BCUT2D eigenvalue weighted by atomic mass is 10.1. The zero-order valence-electron chi connectivity index (χ0n) is 16.5. The minimum absolute atomic E-state index is 0.179. The molecule has 164 valence electrons. The number of hydrogen-bond donors (Lipinski definition) is 2. The van der Waals surface area contributed by atoms with Crippen LogP contribution in [0.2, 0.25) is 0 Å². The highest BCUT2D eigenvalue weighted by atomic mass is 19.4. The van der Waals surface area contributed by atoms with Gasteiger partial charge in [0.15, 0.2) is 0 Å². The molecule has 1 aliphatic rings. The standard InChI is InChI=1S/C21H20F3N3O4/c1-31-16-10-7-15(8-11-16)13-27-18(29)20(21(22,23)24,26-19(27)30)25-17(28)12-9-14-5-3-2-4-6-14/h2-8,10-11H,9,12-13H2,1H3,(H,25,28)(H,26,30). The van der Waals surface area contributed by atoms with Gasteiger partial charge in [0, 0.05) is 6.42 Å². The van der Waals surface area contributed by atoms with Crippen molar-refractivity contribution in [3.8, 4) is 5.75 Å². The van der Waals surface area contributed by atoms with Crippen LogP contribution in [0.4, 0.5) is 18.0 Å². The molecule has 3 rings (SSSR count). The molecule has 1 aliphatic heterocycles. The Morgan fingerprint density at radius 1 is 1.06 bits per heavy atom. The summed E-state index contributed by atoms with van der Waals surface area (Å²) >= 11 is 0.